The summed E-state index contributed by atoms with van der Waals surface area (Å²) >= 11 is 0. The largest absolute Gasteiger partial charge is 0.464 e. The SMILES string of the molecule is Cc1cc(C(C)(C)C)cc2ccoc12. The van der Waals surface area contributed by atoms with Crippen LogP contribution in [0.15, 0.2) is 28.9 Å². The summed E-state index contributed by atoms with van der Waals surface area (Å²) in [5.41, 5.74) is 3.80. The van der Waals surface area contributed by atoms with E-state index in [1.165, 1.54) is 16.5 Å². The molecule has 1 aromatic heterocycles. The second-order valence-electron chi connectivity index (χ2n) is 4.88. The summed E-state index contributed by atoms with van der Waals surface area (Å²) in [6.07, 6.45) is 1.75. The fourth-order valence-corrected chi connectivity index (χ4v) is 1.69. The van der Waals surface area contributed by atoms with E-state index in [2.05, 4.69) is 39.8 Å². The minimum absolute atomic E-state index is 0.205. The van der Waals surface area contributed by atoms with Crippen LogP contribution in [0, 0.1) is 6.92 Å². The molecule has 0 fully saturated rings. The highest BCUT2D eigenvalue weighted by Gasteiger charge is 2.15. The van der Waals surface area contributed by atoms with Crippen molar-refractivity contribution in [3.05, 3.63) is 35.6 Å². The maximum absolute atomic E-state index is 5.42. The molecule has 0 bridgehead atoms. The van der Waals surface area contributed by atoms with E-state index in [1.54, 1.807) is 6.26 Å². The van der Waals surface area contributed by atoms with Crippen LogP contribution >= 0.6 is 0 Å². The zero-order chi connectivity index (χ0) is 10.3. The van der Waals surface area contributed by atoms with Crippen molar-refractivity contribution in [1.29, 1.82) is 0 Å². The van der Waals surface area contributed by atoms with E-state index >= 15 is 0 Å². The van der Waals surface area contributed by atoms with Gasteiger partial charge in [-0.15, -0.1) is 0 Å². The fourth-order valence-electron chi connectivity index (χ4n) is 1.69. The van der Waals surface area contributed by atoms with Gasteiger partial charge in [0.2, 0.25) is 0 Å². The first-order chi connectivity index (χ1) is 6.48. The van der Waals surface area contributed by atoms with Crippen LogP contribution in [0.1, 0.15) is 31.9 Å². The van der Waals surface area contributed by atoms with Gasteiger partial charge in [0, 0.05) is 5.39 Å². The lowest BCUT2D eigenvalue weighted by atomic mass is 9.85. The van der Waals surface area contributed by atoms with Crippen molar-refractivity contribution in [3.63, 3.8) is 0 Å². The van der Waals surface area contributed by atoms with E-state index in [0.717, 1.165) is 5.58 Å². The van der Waals surface area contributed by atoms with Crippen LogP contribution < -0.4 is 0 Å². The first-order valence-electron chi connectivity index (χ1n) is 4.97. The van der Waals surface area contributed by atoms with Crippen LogP contribution in [0.5, 0.6) is 0 Å². The van der Waals surface area contributed by atoms with Gasteiger partial charge >= 0.3 is 0 Å². The van der Waals surface area contributed by atoms with Crippen molar-refractivity contribution in [2.45, 2.75) is 33.1 Å². The molecule has 2 aromatic rings. The molecule has 1 aromatic carbocycles. The van der Waals surface area contributed by atoms with Crippen molar-refractivity contribution >= 4 is 11.0 Å². The summed E-state index contributed by atoms with van der Waals surface area (Å²) in [5.74, 6) is 0. The second kappa shape index (κ2) is 2.88. The summed E-state index contributed by atoms with van der Waals surface area (Å²) < 4.78 is 5.42. The molecule has 1 heteroatoms. The van der Waals surface area contributed by atoms with Crippen LogP contribution in [0.4, 0.5) is 0 Å². The number of hydrogen-bond acceptors (Lipinski definition) is 1. The standard InChI is InChI=1S/C13H16O/c1-9-7-11(13(2,3)4)8-10-5-6-14-12(9)10/h5-8H,1-4H3. The van der Waals surface area contributed by atoms with E-state index in [-0.39, 0.29) is 5.41 Å². The quantitative estimate of drug-likeness (QED) is 0.608. The highest BCUT2D eigenvalue weighted by Crippen LogP contribution is 2.28. The van der Waals surface area contributed by atoms with Crippen molar-refractivity contribution in [1.82, 2.24) is 0 Å². The van der Waals surface area contributed by atoms with Gasteiger partial charge in [0.15, 0.2) is 0 Å². The highest BCUT2D eigenvalue weighted by atomic mass is 16.3. The number of aryl methyl sites for hydroxylation is 1. The Hall–Kier alpha value is -1.24. The van der Waals surface area contributed by atoms with Crippen LogP contribution in [0.2, 0.25) is 0 Å². The van der Waals surface area contributed by atoms with E-state index in [9.17, 15) is 0 Å². The normalized spacial score (nSPS) is 12.3. The number of furan rings is 1. The van der Waals surface area contributed by atoms with Gasteiger partial charge in [0.1, 0.15) is 5.58 Å². The minimum atomic E-state index is 0.205. The molecule has 14 heavy (non-hydrogen) atoms. The molecule has 74 valence electrons. The lowest BCUT2D eigenvalue weighted by Gasteiger charge is -2.19. The molecule has 0 N–H and O–H groups in total. The fraction of sp³-hybridized carbons (Fsp3) is 0.385. The maximum Gasteiger partial charge on any atom is 0.136 e. The third-order valence-corrected chi connectivity index (χ3v) is 2.60. The summed E-state index contributed by atoms with van der Waals surface area (Å²) in [5, 5.41) is 1.20. The molecule has 0 aliphatic heterocycles. The number of fused-ring (bicyclic) bond motifs is 1. The average molecular weight is 188 g/mol. The third-order valence-electron chi connectivity index (χ3n) is 2.60. The number of benzene rings is 1. The molecule has 0 radical (unpaired) electrons. The molecule has 1 heterocycles. The highest BCUT2D eigenvalue weighted by molar-refractivity contribution is 5.81. The Labute approximate surface area is 84.7 Å². The monoisotopic (exact) mass is 188 g/mol. The summed E-state index contributed by atoms with van der Waals surface area (Å²) in [6.45, 7) is 8.79. The van der Waals surface area contributed by atoms with Crippen LogP contribution in [-0.4, -0.2) is 0 Å². The summed E-state index contributed by atoms with van der Waals surface area (Å²) in [6, 6.07) is 6.45. The molecular formula is C13H16O. The first-order valence-corrected chi connectivity index (χ1v) is 4.97. The zero-order valence-corrected chi connectivity index (χ0v) is 9.22. The number of hydrogen-bond donors (Lipinski definition) is 0. The zero-order valence-electron chi connectivity index (χ0n) is 9.22. The topological polar surface area (TPSA) is 13.1 Å². The van der Waals surface area contributed by atoms with Crippen molar-refractivity contribution in [2.24, 2.45) is 0 Å². The minimum Gasteiger partial charge on any atom is -0.464 e. The van der Waals surface area contributed by atoms with E-state index in [4.69, 9.17) is 4.42 Å². The van der Waals surface area contributed by atoms with Gasteiger partial charge in [-0.3, -0.25) is 0 Å². The van der Waals surface area contributed by atoms with Gasteiger partial charge in [0.05, 0.1) is 6.26 Å². The van der Waals surface area contributed by atoms with Gasteiger partial charge in [0.25, 0.3) is 0 Å². The van der Waals surface area contributed by atoms with Crippen LogP contribution in [0.25, 0.3) is 11.0 Å². The molecule has 0 spiro atoms. The van der Waals surface area contributed by atoms with Gasteiger partial charge < -0.3 is 4.42 Å². The predicted octanol–water partition coefficient (Wildman–Crippen LogP) is 4.04. The Balaban J connectivity index is 2.70. The Morgan fingerprint density at radius 1 is 1.14 bits per heavy atom. The Bertz CT molecular complexity index is 458. The van der Waals surface area contributed by atoms with Gasteiger partial charge in [-0.1, -0.05) is 26.8 Å². The maximum atomic E-state index is 5.42. The Morgan fingerprint density at radius 2 is 1.86 bits per heavy atom. The lowest BCUT2D eigenvalue weighted by Crippen LogP contribution is -2.10. The molecule has 1 nitrogen and oxygen atoms in total. The molecular weight excluding hydrogens is 172 g/mol. The van der Waals surface area contributed by atoms with Crippen LogP contribution in [-0.2, 0) is 5.41 Å². The van der Waals surface area contributed by atoms with Gasteiger partial charge in [-0.25, -0.2) is 0 Å². The lowest BCUT2D eigenvalue weighted by molar-refractivity contribution is 0.588. The predicted molar refractivity (Wildman–Crippen MR) is 59.7 cm³/mol. The Morgan fingerprint density at radius 3 is 2.50 bits per heavy atom. The van der Waals surface area contributed by atoms with E-state index < -0.39 is 0 Å². The molecule has 0 amide bonds. The molecule has 0 saturated heterocycles. The molecule has 0 atom stereocenters. The molecule has 0 unspecified atom stereocenters. The van der Waals surface area contributed by atoms with Gasteiger partial charge in [-0.2, -0.15) is 0 Å². The molecule has 2 rings (SSSR count). The summed E-state index contributed by atoms with van der Waals surface area (Å²) in [7, 11) is 0. The second-order valence-corrected chi connectivity index (χ2v) is 4.88. The first kappa shape index (κ1) is 9.32. The van der Waals surface area contributed by atoms with Crippen molar-refractivity contribution in [2.75, 3.05) is 0 Å². The Kier molecular flexibility index (Phi) is 1.91. The van der Waals surface area contributed by atoms with Crippen LogP contribution in [0.3, 0.4) is 0 Å². The van der Waals surface area contributed by atoms with Crippen molar-refractivity contribution in [3.8, 4) is 0 Å². The molecule has 0 aliphatic carbocycles. The third kappa shape index (κ3) is 1.43. The smallest absolute Gasteiger partial charge is 0.136 e. The average Bonchev–Trinajstić information content (AvgIpc) is 2.50. The summed E-state index contributed by atoms with van der Waals surface area (Å²) in [4.78, 5) is 0. The molecule has 0 aliphatic rings. The van der Waals surface area contributed by atoms with E-state index in [0.29, 0.717) is 0 Å². The van der Waals surface area contributed by atoms with E-state index in [1.807, 2.05) is 6.07 Å². The number of rotatable bonds is 0. The molecule has 0 saturated carbocycles. The van der Waals surface area contributed by atoms with Crippen molar-refractivity contribution < 1.29 is 4.42 Å². The van der Waals surface area contributed by atoms with Gasteiger partial charge in [-0.05, 0) is 35.6 Å².